The summed E-state index contributed by atoms with van der Waals surface area (Å²) < 4.78 is 5.59. The first-order chi connectivity index (χ1) is 9.62. The van der Waals surface area contributed by atoms with Gasteiger partial charge in [0, 0.05) is 25.8 Å². The highest BCUT2D eigenvalue weighted by Crippen LogP contribution is 2.36. The van der Waals surface area contributed by atoms with Gasteiger partial charge in [-0.1, -0.05) is 0 Å². The number of carbonyl (C=O) groups is 1. The fourth-order valence-corrected chi connectivity index (χ4v) is 2.88. The number of amides is 1. The van der Waals surface area contributed by atoms with Crippen LogP contribution in [0.5, 0.6) is 0 Å². The fraction of sp³-hybridized carbons (Fsp3) is 0.533. The molecule has 5 heteroatoms. The summed E-state index contributed by atoms with van der Waals surface area (Å²) in [6.07, 6.45) is 4.67. The maximum Gasteiger partial charge on any atom is 0.224 e. The van der Waals surface area contributed by atoms with Crippen LogP contribution in [0.2, 0.25) is 0 Å². The molecule has 1 saturated carbocycles. The molecule has 0 radical (unpaired) electrons. The van der Waals surface area contributed by atoms with E-state index in [1.807, 2.05) is 12.1 Å². The van der Waals surface area contributed by atoms with Crippen molar-refractivity contribution in [2.45, 2.75) is 37.7 Å². The number of nitrogens with two attached hydrogens (primary N) is 1. The van der Waals surface area contributed by atoms with E-state index in [2.05, 4.69) is 10.6 Å². The van der Waals surface area contributed by atoms with Crippen LogP contribution >= 0.6 is 0 Å². The normalized spacial score (nSPS) is 19.8. The Morgan fingerprint density at radius 2 is 2.20 bits per heavy atom. The minimum atomic E-state index is -0.0500. The van der Waals surface area contributed by atoms with E-state index in [0.29, 0.717) is 6.42 Å². The van der Waals surface area contributed by atoms with Crippen molar-refractivity contribution in [3.63, 3.8) is 0 Å². The van der Waals surface area contributed by atoms with E-state index in [-0.39, 0.29) is 11.5 Å². The molecule has 20 heavy (non-hydrogen) atoms. The van der Waals surface area contributed by atoms with Crippen molar-refractivity contribution < 1.29 is 9.53 Å². The zero-order valence-corrected chi connectivity index (χ0v) is 11.8. The standard InChI is InChI=1S/C15H21N3O2/c1-20-15(5-2-6-15)9-17-13-8-12-10(7-11(13)16)3-4-14(19)18-12/h7-8,17H,2-6,9,16H2,1H3,(H,18,19). The number of hydrogen-bond donors (Lipinski definition) is 3. The highest BCUT2D eigenvalue weighted by atomic mass is 16.5. The molecule has 3 rings (SSSR count). The molecule has 5 nitrogen and oxygen atoms in total. The minimum Gasteiger partial charge on any atom is -0.397 e. The molecular weight excluding hydrogens is 254 g/mol. The lowest BCUT2D eigenvalue weighted by Crippen LogP contribution is -2.45. The van der Waals surface area contributed by atoms with Crippen LogP contribution in [0.4, 0.5) is 17.1 Å². The summed E-state index contributed by atoms with van der Waals surface area (Å²) in [5.74, 6) is 0.0700. The second-order valence-electron chi connectivity index (χ2n) is 5.74. The van der Waals surface area contributed by atoms with Crippen LogP contribution in [0.1, 0.15) is 31.2 Å². The van der Waals surface area contributed by atoms with Crippen molar-refractivity contribution >= 4 is 23.0 Å². The van der Waals surface area contributed by atoms with Gasteiger partial charge in [0.25, 0.3) is 0 Å². The molecule has 1 heterocycles. The van der Waals surface area contributed by atoms with Crippen molar-refractivity contribution in [1.29, 1.82) is 0 Å². The van der Waals surface area contributed by atoms with E-state index < -0.39 is 0 Å². The van der Waals surface area contributed by atoms with Gasteiger partial charge in [-0.3, -0.25) is 4.79 Å². The fourth-order valence-electron chi connectivity index (χ4n) is 2.88. The first-order valence-corrected chi connectivity index (χ1v) is 7.13. The van der Waals surface area contributed by atoms with Gasteiger partial charge in [-0.15, -0.1) is 0 Å². The Labute approximate surface area is 118 Å². The predicted octanol–water partition coefficient (Wildman–Crippen LogP) is 2.13. The lowest BCUT2D eigenvalue weighted by molar-refractivity contribution is -0.116. The molecule has 4 N–H and O–H groups in total. The van der Waals surface area contributed by atoms with E-state index in [0.717, 1.165) is 48.4 Å². The van der Waals surface area contributed by atoms with E-state index in [9.17, 15) is 4.79 Å². The van der Waals surface area contributed by atoms with Gasteiger partial charge in [-0.05, 0) is 43.4 Å². The van der Waals surface area contributed by atoms with Crippen molar-refractivity contribution in [3.05, 3.63) is 17.7 Å². The van der Waals surface area contributed by atoms with Gasteiger partial charge in [0.1, 0.15) is 0 Å². The second kappa shape index (κ2) is 4.98. The van der Waals surface area contributed by atoms with Crippen molar-refractivity contribution in [3.8, 4) is 0 Å². The van der Waals surface area contributed by atoms with Crippen LogP contribution in [0, 0.1) is 0 Å². The number of carbonyl (C=O) groups excluding carboxylic acids is 1. The Balaban J connectivity index is 1.76. The molecule has 0 aromatic heterocycles. The van der Waals surface area contributed by atoms with Gasteiger partial charge in [0.15, 0.2) is 0 Å². The molecule has 0 unspecified atom stereocenters. The molecule has 0 atom stereocenters. The van der Waals surface area contributed by atoms with E-state index in [1.54, 1.807) is 7.11 Å². The highest BCUT2D eigenvalue weighted by molar-refractivity contribution is 5.95. The van der Waals surface area contributed by atoms with Crippen LogP contribution in [0.25, 0.3) is 0 Å². The number of hydrogen-bond acceptors (Lipinski definition) is 4. The topological polar surface area (TPSA) is 76.4 Å². The van der Waals surface area contributed by atoms with Crippen LogP contribution in [0.3, 0.4) is 0 Å². The number of methoxy groups -OCH3 is 1. The summed E-state index contributed by atoms with van der Waals surface area (Å²) in [6.45, 7) is 0.750. The molecule has 1 aliphatic heterocycles. The summed E-state index contributed by atoms with van der Waals surface area (Å²) in [5.41, 5.74) is 9.62. The lowest BCUT2D eigenvalue weighted by Gasteiger charge is -2.40. The predicted molar refractivity (Wildman–Crippen MR) is 79.9 cm³/mol. The number of nitrogen functional groups attached to an aromatic ring is 1. The number of anilines is 3. The zero-order chi connectivity index (χ0) is 14.2. The van der Waals surface area contributed by atoms with Crippen LogP contribution in [-0.2, 0) is 16.0 Å². The van der Waals surface area contributed by atoms with Gasteiger partial charge < -0.3 is 21.1 Å². The van der Waals surface area contributed by atoms with E-state index in [4.69, 9.17) is 10.5 Å². The Kier molecular flexibility index (Phi) is 3.30. The van der Waals surface area contributed by atoms with Crippen LogP contribution in [0.15, 0.2) is 12.1 Å². The van der Waals surface area contributed by atoms with Crippen molar-refractivity contribution in [2.24, 2.45) is 0 Å². The highest BCUT2D eigenvalue weighted by Gasteiger charge is 2.36. The summed E-state index contributed by atoms with van der Waals surface area (Å²) in [7, 11) is 1.76. The maximum atomic E-state index is 11.5. The Bertz CT molecular complexity index is 533. The molecule has 1 aromatic carbocycles. The summed E-state index contributed by atoms with van der Waals surface area (Å²) in [5, 5.41) is 6.27. The average molecular weight is 275 g/mol. The van der Waals surface area contributed by atoms with Gasteiger partial charge in [-0.25, -0.2) is 0 Å². The summed E-state index contributed by atoms with van der Waals surface area (Å²) in [4.78, 5) is 11.5. The third-order valence-electron chi connectivity index (χ3n) is 4.47. The SMILES string of the molecule is COC1(CNc2cc3c(cc2N)CCC(=O)N3)CCC1. The van der Waals surface area contributed by atoms with Crippen LogP contribution in [-0.4, -0.2) is 25.2 Å². The van der Waals surface area contributed by atoms with E-state index >= 15 is 0 Å². The van der Waals surface area contributed by atoms with Gasteiger partial charge in [-0.2, -0.15) is 0 Å². The number of fused-ring (bicyclic) bond motifs is 1. The summed E-state index contributed by atoms with van der Waals surface area (Å²) in [6, 6.07) is 3.89. The number of aryl methyl sites for hydroxylation is 1. The largest absolute Gasteiger partial charge is 0.397 e. The quantitative estimate of drug-likeness (QED) is 0.736. The first kappa shape index (κ1) is 13.2. The molecule has 0 spiro atoms. The number of rotatable bonds is 4. The lowest BCUT2D eigenvalue weighted by atomic mass is 9.80. The third-order valence-corrected chi connectivity index (χ3v) is 4.47. The van der Waals surface area contributed by atoms with Crippen molar-refractivity contribution in [1.82, 2.24) is 0 Å². The first-order valence-electron chi connectivity index (χ1n) is 7.13. The molecule has 1 aromatic rings. The van der Waals surface area contributed by atoms with Gasteiger partial charge in [0.2, 0.25) is 5.91 Å². The maximum absolute atomic E-state index is 11.5. The van der Waals surface area contributed by atoms with Crippen LogP contribution < -0.4 is 16.4 Å². The van der Waals surface area contributed by atoms with Gasteiger partial charge in [0.05, 0.1) is 17.0 Å². The zero-order valence-electron chi connectivity index (χ0n) is 11.8. The second-order valence-corrected chi connectivity index (χ2v) is 5.74. The van der Waals surface area contributed by atoms with Gasteiger partial charge >= 0.3 is 0 Å². The molecule has 108 valence electrons. The number of benzene rings is 1. The molecule has 1 fully saturated rings. The number of ether oxygens (including phenoxy) is 1. The molecule has 1 aliphatic carbocycles. The molecule has 1 amide bonds. The summed E-state index contributed by atoms with van der Waals surface area (Å²) >= 11 is 0. The Morgan fingerprint density at radius 1 is 1.40 bits per heavy atom. The smallest absolute Gasteiger partial charge is 0.224 e. The average Bonchev–Trinajstić information content (AvgIpc) is 2.39. The Morgan fingerprint density at radius 3 is 2.85 bits per heavy atom. The monoisotopic (exact) mass is 275 g/mol. The molecule has 2 aliphatic rings. The minimum absolute atomic E-state index is 0.0500. The van der Waals surface area contributed by atoms with Crippen molar-refractivity contribution in [2.75, 3.05) is 30.0 Å². The molecule has 0 saturated heterocycles. The Hall–Kier alpha value is -1.75. The van der Waals surface area contributed by atoms with E-state index in [1.165, 1.54) is 6.42 Å². The molecular formula is C15H21N3O2. The third kappa shape index (κ3) is 2.33. The molecule has 0 bridgehead atoms. The number of nitrogens with one attached hydrogen (secondary N) is 2.